The zero-order valence-electron chi connectivity index (χ0n) is 13.4. The van der Waals surface area contributed by atoms with Gasteiger partial charge >= 0.3 is 0 Å². The summed E-state index contributed by atoms with van der Waals surface area (Å²) in [7, 11) is 0. The van der Waals surface area contributed by atoms with Gasteiger partial charge in [-0.15, -0.1) is 0 Å². The first kappa shape index (κ1) is 17.2. The summed E-state index contributed by atoms with van der Waals surface area (Å²) >= 11 is 0. The van der Waals surface area contributed by atoms with E-state index in [0.717, 1.165) is 11.1 Å². The van der Waals surface area contributed by atoms with Crippen LogP contribution in [0.25, 0.3) is 0 Å². The molecule has 0 aliphatic rings. The maximum absolute atomic E-state index is 10.8. The molecule has 2 rings (SSSR count). The van der Waals surface area contributed by atoms with Gasteiger partial charge in [0, 0.05) is 6.42 Å². The van der Waals surface area contributed by atoms with Crippen molar-refractivity contribution >= 4 is 5.91 Å². The van der Waals surface area contributed by atoms with Crippen molar-refractivity contribution in [3.8, 4) is 0 Å². The van der Waals surface area contributed by atoms with E-state index < -0.39 is 0 Å². The third-order valence-corrected chi connectivity index (χ3v) is 3.57. The van der Waals surface area contributed by atoms with Crippen LogP contribution in [0.5, 0.6) is 0 Å². The zero-order chi connectivity index (χ0) is 16.5. The van der Waals surface area contributed by atoms with Crippen LogP contribution in [0.2, 0.25) is 0 Å². The first-order valence-corrected chi connectivity index (χ1v) is 7.78. The lowest BCUT2D eigenvalue weighted by Gasteiger charge is -2.23. The monoisotopic (exact) mass is 313 g/mol. The summed E-state index contributed by atoms with van der Waals surface area (Å²) < 4.78 is 11.8. The molecule has 2 N–H and O–H groups in total. The molecule has 0 aromatic heterocycles. The van der Waals surface area contributed by atoms with Crippen molar-refractivity contribution in [1.82, 2.24) is 0 Å². The fraction of sp³-hybridized carbons (Fsp3) is 0.316. The number of benzene rings is 2. The number of ether oxygens (including phenoxy) is 2. The molecule has 0 aliphatic heterocycles. The highest BCUT2D eigenvalue weighted by Crippen LogP contribution is 2.26. The Morgan fingerprint density at radius 3 is 2.13 bits per heavy atom. The Kier molecular flexibility index (Phi) is 6.78. The number of hydrogen-bond donors (Lipinski definition) is 1. The third kappa shape index (κ3) is 5.85. The van der Waals surface area contributed by atoms with E-state index in [1.807, 2.05) is 67.6 Å². The van der Waals surface area contributed by atoms with Crippen molar-refractivity contribution in [3.05, 3.63) is 71.8 Å². The van der Waals surface area contributed by atoms with Crippen LogP contribution in [0.3, 0.4) is 0 Å². The topological polar surface area (TPSA) is 61.6 Å². The molecule has 2 atom stereocenters. The summed E-state index contributed by atoms with van der Waals surface area (Å²) in [4.78, 5) is 10.8. The largest absolute Gasteiger partial charge is 0.378 e. The van der Waals surface area contributed by atoms with Gasteiger partial charge in [-0.3, -0.25) is 4.79 Å². The quantitative estimate of drug-likeness (QED) is 0.722. The lowest BCUT2D eigenvalue weighted by molar-refractivity contribution is -0.119. The Morgan fingerprint density at radius 2 is 1.57 bits per heavy atom. The van der Waals surface area contributed by atoms with Crippen LogP contribution in [0, 0.1) is 0 Å². The fourth-order valence-electron chi connectivity index (χ4n) is 2.29. The highest BCUT2D eigenvalue weighted by atomic mass is 16.5. The van der Waals surface area contributed by atoms with Crippen LogP contribution in [-0.4, -0.2) is 19.1 Å². The van der Waals surface area contributed by atoms with Crippen molar-refractivity contribution in [3.63, 3.8) is 0 Å². The molecule has 0 heterocycles. The molecule has 0 saturated heterocycles. The van der Waals surface area contributed by atoms with E-state index in [0.29, 0.717) is 13.2 Å². The molecule has 0 bridgehead atoms. The van der Waals surface area contributed by atoms with Crippen molar-refractivity contribution in [2.75, 3.05) is 13.2 Å². The SMILES string of the molecule is CC(OC(COCCC(N)=O)c1ccccc1)c1ccccc1. The molecule has 0 spiro atoms. The smallest absolute Gasteiger partial charge is 0.219 e. The van der Waals surface area contributed by atoms with Gasteiger partial charge in [0.1, 0.15) is 6.10 Å². The maximum atomic E-state index is 10.8. The second kappa shape index (κ2) is 9.08. The Hall–Kier alpha value is -2.17. The standard InChI is InChI=1S/C19H23NO3/c1-15(16-8-4-2-5-9-16)23-18(14-22-13-12-19(20)21)17-10-6-3-7-11-17/h2-11,15,18H,12-14H2,1H3,(H2,20,21). The van der Waals surface area contributed by atoms with E-state index >= 15 is 0 Å². The summed E-state index contributed by atoms with van der Waals surface area (Å²) in [6, 6.07) is 20.0. The van der Waals surface area contributed by atoms with Gasteiger partial charge in [-0.05, 0) is 18.1 Å². The molecule has 0 saturated carbocycles. The summed E-state index contributed by atoms with van der Waals surface area (Å²) in [5.41, 5.74) is 7.29. The van der Waals surface area contributed by atoms with Gasteiger partial charge in [0.05, 0.1) is 19.3 Å². The van der Waals surface area contributed by atoms with E-state index in [-0.39, 0.29) is 24.5 Å². The first-order chi connectivity index (χ1) is 11.2. The summed E-state index contributed by atoms with van der Waals surface area (Å²) in [6.45, 7) is 2.71. The molecule has 4 nitrogen and oxygen atoms in total. The Bertz CT molecular complexity index is 586. The number of carbonyl (C=O) groups is 1. The van der Waals surface area contributed by atoms with Crippen molar-refractivity contribution < 1.29 is 14.3 Å². The van der Waals surface area contributed by atoms with Crippen LogP contribution < -0.4 is 5.73 Å². The molecule has 1 amide bonds. The average molecular weight is 313 g/mol. The van der Waals surface area contributed by atoms with Gasteiger partial charge in [-0.2, -0.15) is 0 Å². The van der Waals surface area contributed by atoms with Gasteiger partial charge in [-0.1, -0.05) is 60.7 Å². The van der Waals surface area contributed by atoms with E-state index in [1.54, 1.807) is 0 Å². The number of hydrogen-bond acceptors (Lipinski definition) is 3. The van der Waals surface area contributed by atoms with Crippen molar-refractivity contribution in [2.45, 2.75) is 25.6 Å². The molecule has 23 heavy (non-hydrogen) atoms. The van der Waals surface area contributed by atoms with Crippen molar-refractivity contribution in [2.24, 2.45) is 5.73 Å². The Morgan fingerprint density at radius 1 is 1.00 bits per heavy atom. The van der Waals surface area contributed by atoms with Crippen LogP contribution in [0.15, 0.2) is 60.7 Å². The highest BCUT2D eigenvalue weighted by Gasteiger charge is 2.17. The molecular weight excluding hydrogens is 290 g/mol. The van der Waals surface area contributed by atoms with Crippen molar-refractivity contribution in [1.29, 1.82) is 0 Å². The van der Waals surface area contributed by atoms with Gasteiger partial charge in [0.2, 0.25) is 5.91 Å². The van der Waals surface area contributed by atoms with Crippen LogP contribution in [0.1, 0.15) is 36.7 Å². The third-order valence-electron chi connectivity index (χ3n) is 3.57. The first-order valence-electron chi connectivity index (χ1n) is 7.78. The predicted octanol–water partition coefficient (Wildman–Crippen LogP) is 3.40. The second-order valence-corrected chi connectivity index (χ2v) is 5.38. The Labute approximate surface area is 137 Å². The van der Waals surface area contributed by atoms with E-state index in [4.69, 9.17) is 15.2 Å². The number of amides is 1. The molecule has 0 aliphatic carbocycles. The second-order valence-electron chi connectivity index (χ2n) is 5.38. The summed E-state index contributed by atoms with van der Waals surface area (Å²) in [5, 5.41) is 0. The molecular formula is C19H23NO3. The minimum Gasteiger partial charge on any atom is -0.378 e. The number of primary amides is 1. The van der Waals surface area contributed by atoms with Gasteiger partial charge in [0.15, 0.2) is 0 Å². The molecule has 2 aromatic rings. The number of nitrogens with two attached hydrogens (primary N) is 1. The van der Waals surface area contributed by atoms with E-state index in [9.17, 15) is 4.79 Å². The molecule has 2 unspecified atom stereocenters. The zero-order valence-corrected chi connectivity index (χ0v) is 13.4. The molecule has 0 radical (unpaired) electrons. The lowest BCUT2D eigenvalue weighted by Crippen LogP contribution is -2.18. The molecule has 4 heteroatoms. The lowest BCUT2D eigenvalue weighted by atomic mass is 10.1. The van der Waals surface area contributed by atoms with Gasteiger partial charge < -0.3 is 15.2 Å². The highest BCUT2D eigenvalue weighted by molar-refractivity contribution is 5.73. The summed E-state index contributed by atoms with van der Waals surface area (Å²) in [5.74, 6) is -0.361. The number of rotatable bonds is 9. The van der Waals surface area contributed by atoms with Gasteiger partial charge in [-0.25, -0.2) is 0 Å². The molecule has 2 aromatic carbocycles. The van der Waals surface area contributed by atoms with E-state index in [2.05, 4.69) is 0 Å². The fourth-order valence-corrected chi connectivity index (χ4v) is 2.29. The van der Waals surface area contributed by atoms with Crippen LogP contribution >= 0.6 is 0 Å². The average Bonchev–Trinajstić information content (AvgIpc) is 2.58. The molecule has 122 valence electrons. The van der Waals surface area contributed by atoms with Gasteiger partial charge in [0.25, 0.3) is 0 Å². The maximum Gasteiger partial charge on any atom is 0.219 e. The minimum atomic E-state index is -0.361. The normalized spacial score (nSPS) is 13.4. The predicted molar refractivity (Wildman–Crippen MR) is 89.8 cm³/mol. The summed E-state index contributed by atoms with van der Waals surface area (Å²) in [6.07, 6.45) is -0.0316. The Balaban J connectivity index is 2.00. The minimum absolute atomic E-state index is 0.0545. The number of carbonyl (C=O) groups excluding carboxylic acids is 1. The van der Waals surface area contributed by atoms with Crippen LogP contribution in [0.4, 0.5) is 0 Å². The molecule has 0 fully saturated rings. The van der Waals surface area contributed by atoms with Crippen LogP contribution in [-0.2, 0) is 14.3 Å². The van der Waals surface area contributed by atoms with E-state index in [1.165, 1.54) is 0 Å².